The summed E-state index contributed by atoms with van der Waals surface area (Å²) in [5.41, 5.74) is 0. The Kier molecular flexibility index (Phi) is 5.20. The first kappa shape index (κ1) is 13.6. The number of nitrogens with one attached hydrogen (secondary N) is 1. The minimum Gasteiger partial charge on any atom is -0.342 e. The number of hydrogen-bond donors (Lipinski definition) is 1. The summed E-state index contributed by atoms with van der Waals surface area (Å²) in [6.07, 6.45) is 2.96. The number of hydrogen-bond acceptors (Lipinski definition) is 3. The molecule has 1 aromatic heterocycles. The molecule has 0 atom stereocenters. The van der Waals surface area contributed by atoms with E-state index in [1.807, 2.05) is 22.4 Å². The molecule has 0 aliphatic carbocycles. The molecule has 1 fully saturated rings. The molecular weight excluding hydrogens is 244 g/mol. The van der Waals surface area contributed by atoms with Crippen LogP contribution in [-0.4, -0.2) is 37.0 Å². The molecule has 3 nitrogen and oxygen atoms in total. The lowest BCUT2D eigenvalue weighted by Gasteiger charge is -2.29. The van der Waals surface area contributed by atoms with E-state index in [4.69, 9.17) is 0 Å². The lowest BCUT2D eigenvalue weighted by Crippen LogP contribution is -2.39. The van der Waals surface area contributed by atoms with Crippen LogP contribution in [0.5, 0.6) is 0 Å². The molecule has 1 aromatic rings. The fourth-order valence-electron chi connectivity index (χ4n) is 2.46. The monoisotopic (exact) mass is 266 g/mol. The number of thiophene rings is 1. The Morgan fingerprint density at radius 1 is 1.50 bits per heavy atom. The van der Waals surface area contributed by atoms with Crippen LogP contribution in [-0.2, 0) is 11.2 Å². The lowest BCUT2D eigenvalue weighted by atomic mass is 9.97. The van der Waals surface area contributed by atoms with Crippen molar-refractivity contribution >= 4 is 17.2 Å². The van der Waals surface area contributed by atoms with E-state index < -0.39 is 0 Å². The molecule has 2 rings (SSSR count). The van der Waals surface area contributed by atoms with Gasteiger partial charge in [0.25, 0.3) is 0 Å². The third-order valence-corrected chi connectivity index (χ3v) is 4.45. The van der Waals surface area contributed by atoms with Gasteiger partial charge < -0.3 is 10.2 Å². The van der Waals surface area contributed by atoms with Gasteiger partial charge >= 0.3 is 0 Å². The third-order valence-electron chi connectivity index (χ3n) is 3.58. The zero-order valence-corrected chi connectivity index (χ0v) is 11.8. The molecule has 0 spiro atoms. The summed E-state index contributed by atoms with van der Waals surface area (Å²) in [4.78, 5) is 15.4. The molecule has 0 aromatic carbocycles. The van der Waals surface area contributed by atoms with Gasteiger partial charge in [0.1, 0.15) is 0 Å². The molecule has 0 unspecified atom stereocenters. The van der Waals surface area contributed by atoms with Crippen LogP contribution < -0.4 is 5.32 Å². The molecule has 2 heterocycles. The summed E-state index contributed by atoms with van der Waals surface area (Å²) < 4.78 is 0. The first-order valence-electron chi connectivity index (χ1n) is 6.80. The topological polar surface area (TPSA) is 32.3 Å². The number of amides is 1. The van der Waals surface area contributed by atoms with E-state index >= 15 is 0 Å². The molecule has 100 valence electrons. The van der Waals surface area contributed by atoms with Crippen molar-refractivity contribution in [1.82, 2.24) is 10.2 Å². The van der Waals surface area contributed by atoms with Crippen molar-refractivity contribution in [2.75, 3.05) is 26.2 Å². The molecule has 1 amide bonds. The van der Waals surface area contributed by atoms with Crippen molar-refractivity contribution in [2.24, 2.45) is 5.92 Å². The van der Waals surface area contributed by atoms with E-state index in [1.165, 1.54) is 17.7 Å². The number of rotatable bonds is 5. The second kappa shape index (κ2) is 6.90. The van der Waals surface area contributed by atoms with Crippen molar-refractivity contribution < 1.29 is 4.79 Å². The quantitative estimate of drug-likeness (QED) is 0.885. The largest absolute Gasteiger partial charge is 0.342 e. The number of carbonyl (C=O) groups is 1. The maximum atomic E-state index is 12.2. The predicted octanol–water partition coefficient (Wildman–Crippen LogP) is 2.14. The first-order chi connectivity index (χ1) is 8.79. The Balaban J connectivity index is 1.85. The van der Waals surface area contributed by atoms with Gasteiger partial charge in [0.2, 0.25) is 5.91 Å². The normalized spacial score (nSPS) is 16.7. The third kappa shape index (κ3) is 3.82. The maximum absolute atomic E-state index is 12.2. The number of piperidine rings is 1. The van der Waals surface area contributed by atoms with Gasteiger partial charge in [-0.3, -0.25) is 4.79 Å². The van der Waals surface area contributed by atoms with Crippen molar-refractivity contribution in [1.29, 1.82) is 0 Å². The summed E-state index contributed by atoms with van der Waals surface area (Å²) >= 11 is 1.67. The van der Waals surface area contributed by atoms with E-state index in [9.17, 15) is 4.79 Å². The highest BCUT2D eigenvalue weighted by Gasteiger charge is 2.19. The van der Waals surface area contributed by atoms with Gasteiger partial charge in [0, 0.05) is 18.0 Å². The van der Waals surface area contributed by atoms with Crippen molar-refractivity contribution in [3.8, 4) is 0 Å². The second-order valence-electron chi connectivity index (χ2n) is 4.88. The average molecular weight is 266 g/mol. The van der Waals surface area contributed by atoms with Crippen molar-refractivity contribution in [3.05, 3.63) is 22.4 Å². The van der Waals surface area contributed by atoms with E-state index in [1.54, 1.807) is 11.3 Å². The van der Waals surface area contributed by atoms with Crippen LogP contribution in [0.4, 0.5) is 0 Å². The fourth-order valence-corrected chi connectivity index (χ4v) is 3.15. The Morgan fingerprint density at radius 3 is 2.89 bits per heavy atom. The van der Waals surface area contributed by atoms with E-state index in [0.29, 0.717) is 12.3 Å². The molecule has 0 radical (unpaired) electrons. The van der Waals surface area contributed by atoms with Gasteiger partial charge in [-0.2, -0.15) is 0 Å². The standard InChI is InChI=1S/C14H22N2OS/c1-2-16(11-12-5-7-15-8-6-12)14(17)10-13-4-3-9-18-13/h3-4,9,12,15H,2,5-8,10-11H2,1H3. The highest BCUT2D eigenvalue weighted by molar-refractivity contribution is 7.10. The minimum atomic E-state index is 0.276. The molecule has 1 N–H and O–H groups in total. The Labute approximate surface area is 113 Å². The summed E-state index contributed by atoms with van der Waals surface area (Å²) in [6, 6.07) is 4.05. The Hall–Kier alpha value is -0.870. The lowest BCUT2D eigenvalue weighted by molar-refractivity contribution is -0.131. The van der Waals surface area contributed by atoms with Crippen molar-refractivity contribution in [2.45, 2.75) is 26.2 Å². The van der Waals surface area contributed by atoms with E-state index in [-0.39, 0.29) is 5.91 Å². The highest BCUT2D eigenvalue weighted by Crippen LogP contribution is 2.15. The molecule has 1 saturated heterocycles. The van der Waals surface area contributed by atoms with Gasteiger partial charge in [-0.25, -0.2) is 0 Å². The zero-order chi connectivity index (χ0) is 12.8. The van der Waals surface area contributed by atoms with Crippen molar-refractivity contribution in [3.63, 3.8) is 0 Å². The average Bonchev–Trinajstić information content (AvgIpc) is 2.90. The molecule has 1 aliphatic heterocycles. The highest BCUT2D eigenvalue weighted by atomic mass is 32.1. The molecule has 1 aliphatic rings. The van der Waals surface area contributed by atoms with Gasteiger partial charge in [-0.1, -0.05) is 6.07 Å². The maximum Gasteiger partial charge on any atom is 0.227 e. The molecule has 0 saturated carbocycles. The summed E-state index contributed by atoms with van der Waals surface area (Å²) in [5, 5.41) is 5.40. The molecule has 4 heteroatoms. The van der Waals surface area contributed by atoms with Crippen LogP contribution in [0.2, 0.25) is 0 Å². The van der Waals surface area contributed by atoms with Crippen LogP contribution in [0, 0.1) is 5.92 Å². The Bertz CT molecular complexity index is 358. The predicted molar refractivity (Wildman–Crippen MR) is 75.9 cm³/mol. The smallest absolute Gasteiger partial charge is 0.227 e. The van der Waals surface area contributed by atoms with E-state index in [0.717, 1.165) is 26.2 Å². The molecular formula is C14H22N2OS. The summed E-state index contributed by atoms with van der Waals surface area (Å²) in [6.45, 7) is 6.03. The number of nitrogens with zero attached hydrogens (tertiary/aromatic N) is 1. The van der Waals surface area contributed by atoms with Gasteiger partial charge in [-0.05, 0) is 50.2 Å². The van der Waals surface area contributed by atoms with Gasteiger partial charge in [-0.15, -0.1) is 11.3 Å². The number of carbonyl (C=O) groups excluding carboxylic acids is 1. The van der Waals surface area contributed by atoms with Crippen LogP contribution in [0.1, 0.15) is 24.6 Å². The van der Waals surface area contributed by atoms with Gasteiger partial charge in [0.15, 0.2) is 0 Å². The zero-order valence-electron chi connectivity index (χ0n) is 11.0. The second-order valence-corrected chi connectivity index (χ2v) is 5.91. The van der Waals surface area contributed by atoms with Crippen LogP contribution in [0.25, 0.3) is 0 Å². The van der Waals surface area contributed by atoms with Crippen LogP contribution in [0.15, 0.2) is 17.5 Å². The van der Waals surface area contributed by atoms with Crippen LogP contribution in [0.3, 0.4) is 0 Å². The van der Waals surface area contributed by atoms with E-state index in [2.05, 4.69) is 12.2 Å². The van der Waals surface area contributed by atoms with Crippen LogP contribution >= 0.6 is 11.3 Å². The molecule has 18 heavy (non-hydrogen) atoms. The SMILES string of the molecule is CCN(CC1CCNCC1)C(=O)Cc1cccs1. The van der Waals surface area contributed by atoms with Gasteiger partial charge in [0.05, 0.1) is 6.42 Å². The summed E-state index contributed by atoms with van der Waals surface area (Å²) in [5.74, 6) is 0.956. The fraction of sp³-hybridized carbons (Fsp3) is 0.643. The summed E-state index contributed by atoms with van der Waals surface area (Å²) in [7, 11) is 0. The minimum absolute atomic E-state index is 0.276. The number of likely N-dealkylation sites (N-methyl/N-ethyl adjacent to an activating group) is 1. The molecule has 0 bridgehead atoms. The Morgan fingerprint density at radius 2 is 2.28 bits per heavy atom. The first-order valence-corrected chi connectivity index (χ1v) is 7.68.